The van der Waals surface area contributed by atoms with Crippen LogP contribution in [0.5, 0.6) is 0 Å². The zero-order chi connectivity index (χ0) is 5.82. The van der Waals surface area contributed by atoms with Crippen molar-refractivity contribution >= 4 is 0 Å². The maximum Gasteiger partial charge on any atom is 0.0575 e. The first-order chi connectivity index (χ1) is 3.93. The summed E-state index contributed by atoms with van der Waals surface area (Å²) in [7, 11) is 0. The molecule has 0 aromatic rings. The van der Waals surface area contributed by atoms with Crippen LogP contribution in [0.1, 0.15) is 25.7 Å². The fourth-order valence-corrected chi connectivity index (χ4v) is 1.04. The van der Waals surface area contributed by atoms with Crippen LogP contribution in [-0.4, -0.2) is 12.7 Å². The predicted molar refractivity (Wildman–Crippen MR) is 33.6 cm³/mol. The largest absolute Gasteiger partial charge is 0.378 e. The summed E-state index contributed by atoms with van der Waals surface area (Å²) in [5, 5.41) is 0. The lowest BCUT2D eigenvalue weighted by molar-refractivity contribution is 0.0180. The molecular formula is C7H13O. The summed E-state index contributed by atoms with van der Waals surface area (Å²) >= 11 is 0. The van der Waals surface area contributed by atoms with E-state index in [1.807, 2.05) is 0 Å². The average molecular weight is 113 g/mol. The molecule has 0 N–H and O–H groups in total. The Bertz CT molecular complexity index is 55.4. The van der Waals surface area contributed by atoms with E-state index < -0.39 is 0 Å². The van der Waals surface area contributed by atoms with Gasteiger partial charge >= 0.3 is 0 Å². The molecule has 8 heavy (non-hydrogen) atoms. The van der Waals surface area contributed by atoms with Gasteiger partial charge in [0.05, 0.1) is 6.10 Å². The minimum Gasteiger partial charge on any atom is -0.378 e. The van der Waals surface area contributed by atoms with E-state index in [0.717, 1.165) is 13.0 Å². The van der Waals surface area contributed by atoms with Crippen LogP contribution in [-0.2, 0) is 4.74 Å². The van der Waals surface area contributed by atoms with E-state index in [-0.39, 0.29) is 0 Å². The van der Waals surface area contributed by atoms with E-state index in [0.29, 0.717) is 6.10 Å². The molecule has 0 aliphatic carbocycles. The van der Waals surface area contributed by atoms with Gasteiger partial charge in [-0.3, -0.25) is 0 Å². The molecule has 1 heteroatoms. The van der Waals surface area contributed by atoms with Gasteiger partial charge in [-0.05, 0) is 25.7 Å². The number of ether oxygens (including phenoxy) is 1. The van der Waals surface area contributed by atoms with Crippen LogP contribution in [0.4, 0.5) is 0 Å². The highest BCUT2D eigenvalue weighted by Gasteiger charge is 2.09. The van der Waals surface area contributed by atoms with Crippen LogP contribution in [0, 0.1) is 6.92 Å². The van der Waals surface area contributed by atoms with Crippen LogP contribution in [0.25, 0.3) is 0 Å². The SMILES string of the molecule is [CH2]CC1CCCCO1. The summed E-state index contributed by atoms with van der Waals surface area (Å²) in [6.45, 7) is 4.74. The molecule has 47 valence electrons. The molecule has 1 saturated heterocycles. The maximum atomic E-state index is 5.36. The van der Waals surface area contributed by atoms with Crippen molar-refractivity contribution in [2.24, 2.45) is 0 Å². The highest BCUT2D eigenvalue weighted by atomic mass is 16.5. The van der Waals surface area contributed by atoms with Crippen LogP contribution in [0.3, 0.4) is 0 Å². The molecule has 0 aromatic heterocycles. The third kappa shape index (κ3) is 1.48. The fourth-order valence-electron chi connectivity index (χ4n) is 1.04. The molecular weight excluding hydrogens is 100 g/mol. The maximum absolute atomic E-state index is 5.36. The molecule has 0 spiro atoms. The molecule has 0 amide bonds. The molecule has 1 heterocycles. The quantitative estimate of drug-likeness (QED) is 0.503. The van der Waals surface area contributed by atoms with Gasteiger partial charge in [0.1, 0.15) is 0 Å². The summed E-state index contributed by atoms with van der Waals surface area (Å²) in [6.07, 6.45) is 5.23. The lowest BCUT2D eigenvalue weighted by Crippen LogP contribution is -2.17. The van der Waals surface area contributed by atoms with Crippen molar-refractivity contribution in [3.63, 3.8) is 0 Å². The highest BCUT2D eigenvalue weighted by Crippen LogP contribution is 2.14. The second-order valence-corrected chi connectivity index (χ2v) is 2.28. The minimum absolute atomic E-state index is 0.476. The summed E-state index contributed by atoms with van der Waals surface area (Å²) in [5.41, 5.74) is 0. The molecule has 1 radical (unpaired) electrons. The standard InChI is InChI=1S/C7H13O/c1-2-7-5-3-4-6-8-7/h7H,1-6H2. The van der Waals surface area contributed by atoms with Crippen LogP contribution in [0.15, 0.2) is 0 Å². The zero-order valence-corrected chi connectivity index (χ0v) is 5.23. The van der Waals surface area contributed by atoms with Gasteiger partial charge in [-0.1, -0.05) is 6.92 Å². The first-order valence-corrected chi connectivity index (χ1v) is 3.34. The first-order valence-electron chi connectivity index (χ1n) is 3.34. The second-order valence-electron chi connectivity index (χ2n) is 2.28. The van der Waals surface area contributed by atoms with Crippen LogP contribution < -0.4 is 0 Å². The fraction of sp³-hybridized carbons (Fsp3) is 0.857. The van der Waals surface area contributed by atoms with E-state index in [9.17, 15) is 0 Å². The van der Waals surface area contributed by atoms with E-state index >= 15 is 0 Å². The van der Waals surface area contributed by atoms with Gasteiger partial charge in [0.2, 0.25) is 0 Å². The Hall–Kier alpha value is -0.0400. The molecule has 1 fully saturated rings. The molecule has 1 atom stereocenters. The molecule has 0 aromatic carbocycles. The number of hydrogen-bond acceptors (Lipinski definition) is 1. The van der Waals surface area contributed by atoms with Crippen LogP contribution >= 0.6 is 0 Å². The van der Waals surface area contributed by atoms with E-state index in [1.54, 1.807) is 0 Å². The van der Waals surface area contributed by atoms with Crippen molar-refractivity contribution in [3.8, 4) is 0 Å². The van der Waals surface area contributed by atoms with Gasteiger partial charge in [-0.25, -0.2) is 0 Å². The van der Waals surface area contributed by atoms with Crippen molar-refractivity contribution in [3.05, 3.63) is 6.92 Å². The normalized spacial score (nSPS) is 30.4. The summed E-state index contributed by atoms with van der Waals surface area (Å²) < 4.78 is 5.36. The van der Waals surface area contributed by atoms with Crippen molar-refractivity contribution in [2.75, 3.05) is 6.61 Å². The van der Waals surface area contributed by atoms with Gasteiger partial charge < -0.3 is 4.74 Å². The summed E-state index contributed by atoms with van der Waals surface area (Å²) in [4.78, 5) is 0. The third-order valence-electron chi connectivity index (χ3n) is 1.60. The summed E-state index contributed by atoms with van der Waals surface area (Å²) in [5.74, 6) is 0. The predicted octanol–water partition coefficient (Wildman–Crippen LogP) is 1.78. The van der Waals surface area contributed by atoms with E-state index in [2.05, 4.69) is 6.92 Å². The molecule has 1 rings (SSSR count). The second kappa shape index (κ2) is 3.08. The number of hydrogen-bond donors (Lipinski definition) is 0. The molecule has 0 bridgehead atoms. The van der Waals surface area contributed by atoms with Gasteiger partial charge in [0.25, 0.3) is 0 Å². The molecule has 1 unspecified atom stereocenters. The Kier molecular flexibility index (Phi) is 2.34. The Morgan fingerprint density at radius 2 is 2.38 bits per heavy atom. The molecule has 0 saturated carbocycles. The Labute approximate surface area is 51.0 Å². The molecule has 1 aliphatic rings. The Balaban J connectivity index is 2.13. The zero-order valence-electron chi connectivity index (χ0n) is 5.23. The van der Waals surface area contributed by atoms with Gasteiger partial charge in [-0.15, -0.1) is 0 Å². The van der Waals surface area contributed by atoms with Crippen molar-refractivity contribution in [1.82, 2.24) is 0 Å². The van der Waals surface area contributed by atoms with Gasteiger partial charge in [-0.2, -0.15) is 0 Å². The lowest BCUT2D eigenvalue weighted by atomic mass is 10.1. The summed E-state index contributed by atoms with van der Waals surface area (Å²) in [6, 6.07) is 0. The van der Waals surface area contributed by atoms with Crippen LogP contribution in [0.2, 0.25) is 0 Å². The van der Waals surface area contributed by atoms with Crippen molar-refractivity contribution in [1.29, 1.82) is 0 Å². The average Bonchev–Trinajstić information content (AvgIpc) is 1.90. The third-order valence-corrected chi connectivity index (χ3v) is 1.60. The Morgan fingerprint density at radius 1 is 1.50 bits per heavy atom. The first kappa shape index (κ1) is 6.09. The van der Waals surface area contributed by atoms with Gasteiger partial charge in [0, 0.05) is 6.61 Å². The van der Waals surface area contributed by atoms with E-state index in [1.165, 1.54) is 19.3 Å². The molecule has 1 aliphatic heterocycles. The minimum atomic E-state index is 0.476. The Morgan fingerprint density at radius 3 is 2.75 bits per heavy atom. The topological polar surface area (TPSA) is 9.23 Å². The monoisotopic (exact) mass is 113 g/mol. The van der Waals surface area contributed by atoms with E-state index in [4.69, 9.17) is 4.74 Å². The van der Waals surface area contributed by atoms with Gasteiger partial charge in [0.15, 0.2) is 0 Å². The molecule has 1 nitrogen and oxygen atoms in total. The number of rotatable bonds is 1. The lowest BCUT2D eigenvalue weighted by Gasteiger charge is -2.20. The highest BCUT2D eigenvalue weighted by molar-refractivity contribution is 4.63. The van der Waals surface area contributed by atoms with Crippen molar-refractivity contribution in [2.45, 2.75) is 31.8 Å². The van der Waals surface area contributed by atoms with Crippen molar-refractivity contribution < 1.29 is 4.74 Å². The smallest absolute Gasteiger partial charge is 0.0575 e.